The Morgan fingerprint density at radius 2 is 1.73 bits per heavy atom. The van der Waals surface area contributed by atoms with Gasteiger partial charge in [-0.2, -0.15) is 13.2 Å². The molecule has 0 aliphatic heterocycles. The van der Waals surface area contributed by atoms with Crippen molar-refractivity contribution in [2.24, 2.45) is 22.8 Å². The quantitative estimate of drug-likeness (QED) is 0.233. The van der Waals surface area contributed by atoms with Gasteiger partial charge in [0.25, 0.3) is 0 Å². The third kappa shape index (κ3) is 7.95. The average molecular weight is 580 g/mol. The minimum atomic E-state index is -4.62. The summed E-state index contributed by atoms with van der Waals surface area (Å²) >= 11 is 1.54. The fourth-order valence-corrected chi connectivity index (χ4v) is 5.38. The molecular weight excluding hydrogens is 539 g/mol. The van der Waals surface area contributed by atoms with Gasteiger partial charge in [-0.3, -0.25) is 9.78 Å². The highest BCUT2D eigenvalue weighted by atomic mass is 32.1. The highest BCUT2D eigenvalue weighted by molar-refractivity contribution is 7.22. The molecule has 0 bridgehead atoms. The molecule has 0 radical (unpaired) electrons. The van der Waals surface area contributed by atoms with Crippen molar-refractivity contribution in [2.45, 2.75) is 78.6 Å². The first-order valence-corrected chi connectivity index (χ1v) is 14.3. The van der Waals surface area contributed by atoms with Crippen LogP contribution in [0.2, 0.25) is 0 Å². The number of hydrogen-bond acceptors (Lipinski definition) is 7. The number of rotatable bonds is 12. The Labute approximate surface area is 238 Å². The molecule has 0 spiro atoms. The van der Waals surface area contributed by atoms with E-state index in [2.05, 4.69) is 26.0 Å². The Hall–Kier alpha value is -2.69. The van der Waals surface area contributed by atoms with Gasteiger partial charge >= 0.3 is 12.1 Å². The number of nitrogens with zero attached hydrogens (tertiary/aromatic N) is 1. The summed E-state index contributed by atoms with van der Waals surface area (Å²) in [5.41, 5.74) is 13.4. The van der Waals surface area contributed by atoms with E-state index >= 15 is 0 Å². The Morgan fingerprint density at radius 1 is 1.02 bits per heavy atom. The molecule has 40 heavy (non-hydrogen) atoms. The maximum absolute atomic E-state index is 13.8. The third-order valence-corrected chi connectivity index (χ3v) is 8.15. The van der Waals surface area contributed by atoms with Gasteiger partial charge in [-0.25, -0.2) is 0 Å². The van der Waals surface area contributed by atoms with Crippen molar-refractivity contribution in [2.75, 3.05) is 13.2 Å². The number of alkyl halides is 3. The lowest BCUT2D eigenvalue weighted by Crippen LogP contribution is -2.50. The maximum atomic E-state index is 13.8. The lowest BCUT2D eigenvalue weighted by Gasteiger charge is -2.34. The van der Waals surface area contributed by atoms with Crippen LogP contribution in [0.25, 0.3) is 20.5 Å². The van der Waals surface area contributed by atoms with Crippen molar-refractivity contribution in [1.29, 1.82) is 0 Å². The maximum Gasteiger partial charge on any atom is 0.398 e. The number of ether oxygens (including phenoxy) is 2. The summed E-state index contributed by atoms with van der Waals surface area (Å²) in [5.74, 6) is -2.50. The predicted molar refractivity (Wildman–Crippen MR) is 154 cm³/mol. The molecule has 0 aliphatic rings. The number of thiophene rings is 1. The molecular formula is C30H40F3N3O3S. The number of esters is 1. The number of halogens is 3. The number of aromatic nitrogens is 1. The van der Waals surface area contributed by atoms with Gasteiger partial charge in [0.2, 0.25) is 0 Å². The zero-order chi connectivity index (χ0) is 29.9. The molecule has 4 N–H and O–H groups in total. The van der Waals surface area contributed by atoms with Crippen molar-refractivity contribution < 1.29 is 27.4 Å². The Kier molecular flexibility index (Phi) is 9.91. The zero-order valence-electron chi connectivity index (χ0n) is 24.0. The van der Waals surface area contributed by atoms with Crippen LogP contribution in [0.15, 0.2) is 36.4 Å². The van der Waals surface area contributed by atoms with Gasteiger partial charge in [0.15, 0.2) is 0 Å². The molecule has 10 heteroatoms. The molecule has 220 valence electrons. The molecule has 2 unspecified atom stereocenters. The summed E-state index contributed by atoms with van der Waals surface area (Å²) in [7, 11) is 0. The molecule has 1 aromatic carbocycles. The Balaban J connectivity index is 1.70. The van der Waals surface area contributed by atoms with Crippen molar-refractivity contribution >= 4 is 27.4 Å². The fourth-order valence-electron chi connectivity index (χ4n) is 4.24. The highest BCUT2D eigenvalue weighted by Crippen LogP contribution is 2.37. The van der Waals surface area contributed by atoms with Crippen molar-refractivity contribution in [3.05, 3.63) is 47.8 Å². The number of fused-ring (bicyclic) bond motifs is 1. The largest absolute Gasteiger partial charge is 0.493 e. The second-order valence-corrected chi connectivity index (χ2v) is 12.6. The molecule has 0 amide bonds. The summed E-state index contributed by atoms with van der Waals surface area (Å²) in [5, 5.41) is 0.967. The molecule has 0 saturated carbocycles. The number of carbonyl (C=O) groups is 1. The van der Waals surface area contributed by atoms with Crippen LogP contribution < -0.4 is 16.2 Å². The van der Waals surface area contributed by atoms with Gasteiger partial charge in [0, 0.05) is 38.1 Å². The molecule has 0 fully saturated rings. The number of nitrogens with two attached hydrogens (primary N) is 2. The van der Waals surface area contributed by atoms with E-state index in [-0.39, 0.29) is 0 Å². The van der Waals surface area contributed by atoms with E-state index in [0.717, 1.165) is 44.8 Å². The number of pyridine rings is 1. The highest BCUT2D eigenvalue weighted by Gasteiger charge is 2.43. The van der Waals surface area contributed by atoms with Gasteiger partial charge in [-0.05, 0) is 88.7 Å². The van der Waals surface area contributed by atoms with Crippen LogP contribution in [-0.2, 0) is 22.4 Å². The fraction of sp³-hybridized carbons (Fsp3) is 0.533. The normalized spacial score (nSPS) is 14.3. The van der Waals surface area contributed by atoms with E-state index in [1.54, 1.807) is 39.8 Å². The minimum Gasteiger partial charge on any atom is -0.493 e. The first-order valence-electron chi connectivity index (χ1n) is 13.5. The van der Waals surface area contributed by atoms with Crippen LogP contribution in [-0.4, -0.2) is 41.9 Å². The van der Waals surface area contributed by atoms with Crippen molar-refractivity contribution in [3.8, 4) is 16.2 Å². The van der Waals surface area contributed by atoms with E-state index in [1.807, 2.05) is 12.1 Å². The van der Waals surface area contributed by atoms with Crippen LogP contribution in [0.3, 0.4) is 0 Å². The summed E-state index contributed by atoms with van der Waals surface area (Å²) in [6, 6.07) is 10.7. The van der Waals surface area contributed by atoms with E-state index in [4.69, 9.17) is 25.9 Å². The van der Waals surface area contributed by atoms with E-state index in [9.17, 15) is 18.0 Å². The molecule has 6 nitrogen and oxygen atoms in total. The van der Waals surface area contributed by atoms with E-state index in [1.165, 1.54) is 11.3 Å². The van der Waals surface area contributed by atoms with Gasteiger partial charge in [-0.1, -0.05) is 13.8 Å². The van der Waals surface area contributed by atoms with Crippen molar-refractivity contribution in [3.63, 3.8) is 0 Å². The smallest absolute Gasteiger partial charge is 0.398 e. The molecule has 0 saturated heterocycles. The van der Waals surface area contributed by atoms with E-state index in [0.29, 0.717) is 12.2 Å². The summed E-state index contributed by atoms with van der Waals surface area (Å²) < 4.78 is 53.0. The standard InChI is InChI=1S/C30H40F3N3O3S/c1-7-20-10-12-22(23(8-2)36-20)25-13-18-9-11-21(14-24(18)40-25)38-16-19(30(31,32)33)17-39-27(37)29(5,6)26(34)15-28(3,4)35/h9-14,19,26H,7-8,15-17,34-35H2,1-6H3. The zero-order valence-corrected chi connectivity index (χ0v) is 24.8. The lowest BCUT2D eigenvalue weighted by atomic mass is 9.79. The minimum absolute atomic E-state index is 0.300. The molecule has 2 atom stereocenters. The second-order valence-electron chi connectivity index (χ2n) is 11.5. The first kappa shape index (κ1) is 31.8. The molecule has 2 aromatic heterocycles. The topological polar surface area (TPSA) is 100 Å². The lowest BCUT2D eigenvalue weighted by molar-refractivity contribution is -0.199. The van der Waals surface area contributed by atoms with Crippen LogP contribution in [0.4, 0.5) is 13.2 Å². The van der Waals surface area contributed by atoms with Gasteiger partial charge in [-0.15, -0.1) is 11.3 Å². The van der Waals surface area contributed by atoms with Crippen LogP contribution in [0.1, 0.15) is 59.4 Å². The molecule has 0 aliphatic carbocycles. The molecule has 3 aromatic rings. The monoisotopic (exact) mass is 579 g/mol. The number of benzene rings is 1. The number of hydrogen-bond donors (Lipinski definition) is 2. The summed E-state index contributed by atoms with van der Waals surface area (Å²) in [6.45, 7) is 9.21. The van der Waals surface area contributed by atoms with Crippen LogP contribution in [0, 0.1) is 11.3 Å². The Bertz CT molecular complexity index is 1310. The van der Waals surface area contributed by atoms with Crippen molar-refractivity contribution in [1.82, 2.24) is 4.98 Å². The first-order chi connectivity index (χ1) is 18.5. The van der Waals surface area contributed by atoms with Crippen LogP contribution >= 0.6 is 11.3 Å². The third-order valence-electron chi connectivity index (χ3n) is 7.01. The molecule has 2 heterocycles. The predicted octanol–water partition coefficient (Wildman–Crippen LogP) is 6.67. The van der Waals surface area contributed by atoms with Gasteiger partial charge in [0.1, 0.15) is 24.9 Å². The summed E-state index contributed by atoms with van der Waals surface area (Å²) in [4.78, 5) is 18.5. The van der Waals surface area contributed by atoms with Gasteiger partial charge < -0.3 is 20.9 Å². The van der Waals surface area contributed by atoms with E-state index < -0.39 is 48.3 Å². The van der Waals surface area contributed by atoms with Crippen LogP contribution in [0.5, 0.6) is 5.75 Å². The molecule has 3 rings (SSSR count). The number of aryl methyl sites for hydroxylation is 2. The second kappa shape index (κ2) is 12.4. The summed E-state index contributed by atoms with van der Waals surface area (Å²) in [6.07, 6.45) is -2.67. The Morgan fingerprint density at radius 3 is 2.33 bits per heavy atom. The average Bonchev–Trinajstić information content (AvgIpc) is 3.29. The number of carbonyl (C=O) groups excluding carboxylic acids is 1. The SMILES string of the molecule is CCc1ccc(-c2cc3ccc(OCC(COC(=O)C(C)(C)C(N)CC(C)(C)N)C(F)(F)F)cc3s2)c(CC)n1. The van der Waals surface area contributed by atoms with Gasteiger partial charge in [0.05, 0.1) is 5.41 Å².